The van der Waals surface area contributed by atoms with E-state index in [-0.39, 0.29) is 12.5 Å². The van der Waals surface area contributed by atoms with Crippen LogP contribution in [0.4, 0.5) is 0 Å². The number of benzene rings is 2. The molecule has 0 bridgehead atoms. The van der Waals surface area contributed by atoms with Crippen molar-refractivity contribution in [2.45, 2.75) is 13.0 Å². The first kappa shape index (κ1) is 22.3. The third kappa shape index (κ3) is 4.38. The zero-order valence-corrected chi connectivity index (χ0v) is 19.0. The first-order valence-electron chi connectivity index (χ1n) is 10.5. The summed E-state index contributed by atoms with van der Waals surface area (Å²) in [5.74, 6) is 0.778. The Labute approximate surface area is 191 Å². The van der Waals surface area contributed by atoms with E-state index in [1.54, 1.807) is 43.1 Å². The quantitative estimate of drug-likeness (QED) is 0.451. The Morgan fingerprint density at radius 1 is 1.12 bits per heavy atom. The lowest BCUT2D eigenvalue weighted by Crippen LogP contribution is -2.29. The van der Waals surface area contributed by atoms with E-state index in [0.717, 1.165) is 5.56 Å². The summed E-state index contributed by atoms with van der Waals surface area (Å²) in [5, 5.41) is 18.7. The predicted molar refractivity (Wildman–Crippen MR) is 126 cm³/mol. The number of aromatic nitrogens is 3. The highest BCUT2D eigenvalue weighted by Crippen LogP contribution is 2.30. The van der Waals surface area contributed by atoms with Gasteiger partial charge in [0, 0.05) is 24.7 Å². The number of nitrogens with one attached hydrogen (secondary N) is 1. The number of hydrogen-bond donors (Lipinski definition) is 2. The maximum Gasteiger partial charge on any atom is 0.252 e. The molecular formula is C25H26N4O4. The Balaban J connectivity index is 1.66. The Hall–Kier alpha value is -3.91. The molecular weight excluding hydrogens is 420 g/mol. The summed E-state index contributed by atoms with van der Waals surface area (Å²) < 4.78 is 12.3. The van der Waals surface area contributed by atoms with Crippen LogP contribution in [0.15, 0.2) is 54.6 Å². The van der Waals surface area contributed by atoms with Crippen LogP contribution in [-0.2, 0) is 7.05 Å². The van der Waals surface area contributed by atoms with E-state index in [1.807, 2.05) is 37.3 Å². The molecule has 0 fully saturated rings. The van der Waals surface area contributed by atoms with Crippen molar-refractivity contribution in [2.24, 2.45) is 7.05 Å². The van der Waals surface area contributed by atoms with Gasteiger partial charge in [-0.25, -0.2) is 4.98 Å². The number of aliphatic hydroxyl groups excluding tert-OH is 1. The molecule has 1 unspecified atom stereocenters. The second-order valence-corrected chi connectivity index (χ2v) is 7.66. The monoisotopic (exact) mass is 446 g/mol. The summed E-state index contributed by atoms with van der Waals surface area (Å²) in [4.78, 5) is 18.0. The van der Waals surface area contributed by atoms with Gasteiger partial charge in [0.15, 0.2) is 5.65 Å². The van der Waals surface area contributed by atoms with Gasteiger partial charge in [-0.15, -0.1) is 0 Å². The number of aryl methyl sites for hydroxylation is 2. The first-order valence-corrected chi connectivity index (χ1v) is 10.5. The van der Waals surface area contributed by atoms with Crippen molar-refractivity contribution in [3.8, 4) is 22.8 Å². The minimum atomic E-state index is -0.986. The summed E-state index contributed by atoms with van der Waals surface area (Å²) in [6, 6.07) is 16.6. The molecule has 4 aromatic rings. The summed E-state index contributed by atoms with van der Waals surface area (Å²) >= 11 is 0. The van der Waals surface area contributed by atoms with Crippen molar-refractivity contribution in [1.82, 2.24) is 20.1 Å². The fourth-order valence-corrected chi connectivity index (χ4v) is 3.88. The number of fused-ring (bicyclic) bond motifs is 1. The lowest BCUT2D eigenvalue weighted by atomic mass is 10.0. The molecule has 0 spiro atoms. The van der Waals surface area contributed by atoms with E-state index in [1.165, 1.54) is 7.11 Å². The van der Waals surface area contributed by atoms with Crippen molar-refractivity contribution in [1.29, 1.82) is 0 Å². The summed E-state index contributed by atoms with van der Waals surface area (Å²) in [5.41, 5.74) is 3.88. The molecule has 33 heavy (non-hydrogen) atoms. The highest BCUT2D eigenvalue weighted by molar-refractivity contribution is 6.07. The van der Waals surface area contributed by atoms with Gasteiger partial charge in [-0.05, 0) is 31.2 Å². The Morgan fingerprint density at radius 3 is 2.58 bits per heavy atom. The predicted octanol–water partition coefficient (Wildman–Crippen LogP) is 3.42. The molecule has 1 atom stereocenters. The molecule has 1 amide bonds. The van der Waals surface area contributed by atoms with Crippen molar-refractivity contribution in [3.05, 3.63) is 71.4 Å². The van der Waals surface area contributed by atoms with Crippen LogP contribution < -0.4 is 14.8 Å². The van der Waals surface area contributed by atoms with Gasteiger partial charge in [-0.1, -0.05) is 30.3 Å². The Bertz CT molecular complexity index is 1300. The van der Waals surface area contributed by atoms with Crippen molar-refractivity contribution in [2.75, 3.05) is 20.8 Å². The molecule has 0 aliphatic heterocycles. The zero-order valence-electron chi connectivity index (χ0n) is 19.0. The van der Waals surface area contributed by atoms with E-state index >= 15 is 0 Å². The van der Waals surface area contributed by atoms with Gasteiger partial charge in [-0.2, -0.15) is 5.10 Å². The molecule has 8 nitrogen and oxygen atoms in total. The van der Waals surface area contributed by atoms with E-state index in [4.69, 9.17) is 14.5 Å². The smallest absolute Gasteiger partial charge is 0.252 e. The first-order chi connectivity index (χ1) is 15.9. The summed E-state index contributed by atoms with van der Waals surface area (Å²) in [6.07, 6.45) is -0.986. The highest BCUT2D eigenvalue weighted by Gasteiger charge is 2.21. The SMILES string of the molecule is COc1ccc(OC)c(C(O)CNC(=O)c2cc(-c3ccccc3)nc3c2c(C)nn3C)c1. The van der Waals surface area contributed by atoms with Crippen LogP contribution in [0.25, 0.3) is 22.3 Å². The fourth-order valence-electron chi connectivity index (χ4n) is 3.88. The zero-order chi connectivity index (χ0) is 23.5. The molecule has 170 valence electrons. The van der Waals surface area contributed by atoms with E-state index in [9.17, 15) is 9.90 Å². The molecule has 0 saturated heterocycles. The maximum atomic E-state index is 13.3. The summed E-state index contributed by atoms with van der Waals surface area (Å²) in [7, 11) is 4.88. The lowest BCUT2D eigenvalue weighted by molar-refractivity contribution is 0.0916. The van der Waals surface area contributed by atoms with E-state index < -0.39 is 6.10 Å². The van der Waals surface area contributed by atoms with Gasteiger partial charge in [-0.3, -0.25) is 9.48 Å². The lowest BCUT2D eigenvalue weighted by Gasteiger charge is -2.17. The number of pyridine rings is 1. The topological polar surface area (TPSA) is 98.5 Å². The number of carbonyl (C=O) groups excluding carboxylic acids is 1. The number of amides is 1. The van der Waals surface area contributed by atoms with Gasteiger partial charge in [0.25, 0.3) is 5.91 Å². The van der Waals surface area contributed by atoms with Gasteiger partial charge >= 0.3 is 0 Å². The van der Waals surface area contributed by atoms with Gasteiger partial charge in [0.05, 0.1) is 36.6 Å². The molecule has 0 aliphatic rings. The molecule has 2 heterocycles. The standard InChI is InChI=1S/C25H26N4O4/c1-15-23-19(13-20(16-8-6-5-7-9-16)27-24(23)29(2)28-15)25(31)26-14-21(30)18-12-17(32-3)10-11-22(18)33-4/h5-13,21,30H,14H2,1-4H3,(H,26,31). The second-order valence-electron chi connectivity index (χ2n) is 7.66. The molecule has 0 radical (unpaired) electrons. The average Bonchev–Trinajstić information content (AvgIpc) is 3.14. The maximum absolute atomic E-state index is 13.3. The van der Waals surface area contributed by atoms with Crippen LogP contribution in [0.5, 0.6) is 11.5 Å². The molecule has 2 N–H and O–H groups in total. The number of aliphatic hydroxyl groups is 1. The molecule has 2 aromatic heterocycles. The minimum Gasteiger partial charge on any atom is -0.497 e. The number of rotatable bonds is 7. The average molecular weight is 447 g/mol. The molecule has 0 saturated carbocycles. The Kier molecular flexibility index (Phi) is 6.28. The summed E-state index contributed by atoms with van der Waals surface area (Å²) in [6.45, 7) is 1.84. The molecule has 8 heteroatoms. The molecule has 2 aromatic carbocycles. The van der Waals surface area contributed by atoms with Gasteiger partial charge in [0.1, 0.15) is 17.6 Å². The third-order valence-corrected chi connectivity index (χ3v) is 5.53. The van der Waals surface area contributed by atoms with Crippen LogP contribution in [0.2, 0.25) is 0 Å². The van der Waals surface area contributed by atoms with Gasteiger partial charge in [0.2, 0.25) is 0 Å². The van der Waals surface area contributed by atoms with Crippen LogP contribution in [0, 0.1) is 6.92 Å². The van der Waals surface area contributed by atoms with Crippen molar-refractivity contribution < 1.29 is 19.4 Å². The minimum absolute atomic E-state index is 0.00778. The second kappa shape index (κ2) is 9.30. The molecule has 4 rings (SSSR count). The number of ether oxygens (including phenoxy) is 2. The van der Waals surface area contributed by atoms with Gasteiger partial charge < -0.3 is 19.9 Å². The number of methoxy groups -OCH3 is 2. The van der Waals surface area contributed by atoms with Crippen molar-refractivity contribution >= 4 is 16.9 Å². The normalized spacial score (nSPS) is 11.9. The number of nitrogens with zero attached hydrogens (tertiary/aromatic N) is 3. The highest BCUT2D eigenvalue weighted by atomic mass is 16.5. The Morgan fingerprint density at radius 2 is 1.88 bits per heavy atom. The molecule has 0 aliphatic carbocycles. The van der Waals surface area contributed by atoms with Crippen molar-refractivity contribution in [3.63, 3.8) is 0 Å². The van der Waals surface area contributed by atoms with E-state index in [0.29, 0.717) is 45.0 Å². The number of carbonyl (C=O) groups is 1. The number of hydrogen-bond acceptors (Lipinski definition) is 6. The third-order valence-electron chi connectivity index (χ3n) is 5.53. The van der Waals surface area contributed by atoms with Crippen LogP contribution in [0.3, 0.4) is 0 Å². The van der Waals surface area contributed by atoms with Crippen LogP contribution in [-0.4, -0.2) is 46.5 Å². The van der Waals surface area contributed by atoms with Crippen LogP contribution in [0.1, 0.15) is 27.7 Å². The van der Waals surface area contributed by atoms with Crippen LogP contribution >= 0.6 is 0 Å². The van der Waals surface area contributed by atoms with E-state index in [2.05, 4.69) is 10.4 Å². The fraction of sp³-hybridized carbons (Fsp3) is 0.240. The largest absolute Gasteiger partial charge is 0.497 e.